The van der Waals surface area contributed by atoms with Crippen molar-refractivity contribution in [3.63, 3.8) is 0 Å². The summed E-state index contributed by atoms with van der Waals surface area (Å²) in [5, 5.41) is 15.3. The van der Waals surface area contributed by atoms with E-state index in [0.29, 0.717) is 21.6 Å². The van der Waals surface area contributed by atoms with Crippen molar-refractivity contribution >= 4 is 35.0 Å². The van der Waals surface area contributed by atoms with Gasteiger partial charge in [-0.1, -0.05) is 41.1 Å². The summed E-state index contributed by atoms with van der Waals surface area (Å²) in [5.41, 5.74) is 3.69. The molecule has 146 valence electrons. The van der Waals surface area contributed by atoms with Crippen molar-refractivity contribution in [2.45, 2.75) is 31.2 Å². The highest BCUT2D eigenvalue weighted by Gasteiger charge is 2.20. The topological polar surface area (TPSA) is 81.9 Å². The highest BCUT2D eigenvalue weighted by Crippen LogP contribution is 2.29. The van der Waals surface area contributed by atoms with Gasteiger partial charge >= 0.3 is 0 Å². The Labute approximate surface area is 172 Å². The van der Waals surface area contributed by atoms with E-state index in [0.717, 1.165) is 16.8 Å². The van der Waals surface area contributed by atoms with Crippen LogP contribution in [0.2, 0.25) is 5.02 Å². The fraction of sp³-hybridized carbons (Fsp3) is 0.263. The van der Waals surface area contributed by atoms with E-state index in [-0.39, 0.29) is 5.91 Å². The van der Waals surface area contributed by atoms with Crippen molar-refractivity contribution in [1.29, 1.82) is 0 Å². The maximum atomic E-state index is 12.6. The summed E-state index contributed by atoms with van der Waals surface area (Å²) in [6.07, 6.45) is 0. The second-order valence-electron chi connectivity index (χ2n) is 6.26. The lowest BCUT2D eigenvalue weighted by atomic mass is 10.1. The average molecular weight is 418 g/mol. The van der Waals surface area contributed by atoms with Crippen LogP contribution in [0, 0.1) is 13.8 Å². The molecule has 0 fully saturated rings. The highest BCUT2D eigenvalue weighted by molar-refractivity contribution is 8.00. The Morgan fingerprint density at radius 1 is 1.25 bits per heavy atom. The molecule has 0 aliphatic carbocycles. The molecule has 1 atom stereocenters. The van der Waals surface area contributed by atoms with Crippen LogP contribution >= 0.6 is 23.4 Å². The zero-order valence-electron chi connectivity index (χ0n) is 15.9. The number of carbonyl (C=O) groups is 1. The third-order valence-corrected chi connectivity index (χ3v) is 5.42. The zero-order valence-corrected chi connectivity index (χ0v) is 17.5. The number of halogens is 1. The van der Waals surface area contributed by atoms with Gasteiger partial charge in [-0.3, -0.25) is 4.79 Å². The van der Waals surface area contributed by atoms with Crippen LogP contribution in [0.4, 0.5) is 5.69 Å². The van der Waals surface area contributed by atoms with Crippen LogP contribution < -0.4 is 10.1 Å². The SMILES string of the molecule is COc1ccc(NC(=O)[C@H](C)Sc2nnnn2-c2ccc(C)cc2C)cc1Cl. The number of nitrogens with one attached hydrogen (secondary N) is 1. The fourth-order valence-corrected chi connectivity index (χ4v) is 3.70. The largest absolute Gasteiger partial charge is 0.495 e. The van der Waals surface area contributed by atoms with E-state index in [2.05, 4.69) is 26.9 Å². The first-order chi connectivity index (χ1) is 13.4. The van der Waals surface area contributed by atoms with Gasteiger partial charge in [-0.05, 0) is 61.0 Å². The first-order valence-electron chi connectivity index (χ1n) is 8.56. The Morgan fingerprint density at radius 3 is 2.71 bits per heavy atom. The number of carbonyl (C=O) groups excluding carboxylic acids is 1. The quantitative estimate of drug-likeness (QED) is 0.609. The number of ether oxygens (including phenoxy) is 1. The van der Waals surface area contributed by atoms with Crippen LogP contribution in [0.15, 0.2) is 41.6 Å². The number of amides is 1. The molecule has 0 aliphatic heterocycles. The number of benzene rings is 2. The van der Waals surface area contributed by atoms with E-state index in [1.165, 1.54) is 18.9 Å². The summed E-state index contributed by atoms with van der Waals surface area (Å²) >= 11 is 7.39. The third kappa shape index (κ3) is 4.45. The third-order valence-electron chi connectivity index (χ3n) is 4.09. The Morgan fingerprint density at radius 2 is 2.04 bits per heavy atom. The molecule has 28 heavy (non-hydrogen) atoms. The number of hydrogen-bond acceptors (Lipinski definition) is 6. The van der Waals surface area contributed by atoms with Gasteiger partial charge in [0.1, 0.15) is 5.75 Å². The monoisotopic (exact) mass is 417 g/mol. The molecular formula is C19H20ClN5O2S. The van der Waals surface area contributed by atoms with Gasteiger partial charge in [0, 0.05) is 5.69 Å². The van der Waals surface area contributed by atoms with Crippen LogP contribution in [-0.4, -0.2) is 38.5 Å². The highest BCUT2D eigenvalue weighted by atomic mass is 35.5. The van der Waals surface area contributed by atoms with Crippen molar-refractivity contribution in [3.8, 4) is 11.4 Å². The number of tetrazole rings is 1. The van der Waals surface area contributed by atoms with Crippen LogP contribution in [0.1, 0.15) is 18.1 Å². The number of aryl methyl sites for hydroxylation is 2. The molecule has 0 spiro atoms. The molecule has 0 saturated carbocycles. The van der Waals surface area contributed by atoms with Crippen LogP contribution in [-0.2, 0) is 4.79 Å². The minimum absolute atomic E-state index is 0.179. The number of rotatable bonds is 6. The molecule has 9 heteroatoms. The summed E-state index contributed by atoms with van der Waals surface area (Å²) in [5.74, 6) is 0.371. The molecule has 1 N–H and O–H groups in total. The predicted molar refractivity (Wildman–Crippen MR) is 111 cm³/mol. The number of aromatic nitrogens is 4. The molecule has 0 radical (unpaired) electrons. The molecule has 2 aromatic carbocycles. The average Bonchev–Trinajstić information content (AvgIpc) is 3.09. The lowest BCUT2D eigenvalue weighted by Crippen LogP contribution is -2.23. The summed E-state index contributed by atoms with van der Waals surface area (Å²) < 4.78 is 6.77. The lowest BCUT2D eigenvalue weighted by Gasteiger charge is -2.13. The van der Waals surface area contributed by atoms with Crippen molar-refractivity contribution in [3.05, 3.63) is 52.5 Å². The summed E-state index contributed by atoms with van der Waals surface area (Å²) in [6.45, 7) is 5.83. The van der Waals surface area contributed by atoms with Crippen LogP contribution in [0.3, 0.4) is 0 Å². The minimum Gasteiger partial charge on any atom is -0.495 e. The van der Waals surface area contributed by atoms with E-state index < -0.39 is 5.25 Å². The van der Waals surface area contributed by atoms with Gasteiger partial charge in [0.15, 0.2) is 0 Å². The molecule has 7 nitrogen and oxygen atoms in total. The number of methoxy groups -OCH3 is 1. The number of anilines is 1. The smallest absolute Gasteiger partial charge is 0.237 e. The predicted octanol–water partition coefficient (Wildman–Crippen LogP) is 4.06. The van der Waals surface area contributed by atoms with Gasteiger partial charge in [0.25, 0.3) is 0 Å². The molecule has 1 amide bonds. The van der Waals surface area contributed by atoms with Gasteiger partial charge in [0.05, 0.1) is 23.1 Å². The van der Waals surface area contributed by atoms with E-state index >= 15 is 0 Å². The Hall–Kier alpha value is -2.58. The standard InChI is InChI=1S/C19H20ClN5O2S/c1-11-5-7-16(12(2)9-11)25-19(22-23-24-25)28-13(3)18(26)21-14-6-8-17(27-4)15(20)10-14/h5-10,13H,1-4H3,(H,21,26)/t13-/m0/s1. The van der Waals surface area contributed by atoms with E-state index in [1.807, 2.05) is 26.0 Å². The lowest BCUT2D eigenvalue weighted by molar-refractivity contribution is -0.115. The minimum atomic E-state index is -0.420. The second kappa shape index (κ2) is 8.62. The van der Waals surface area contributed by atoms with Crippen molar-refractivity contribution in [1.82, 2.24) is 20.2 Å². The van der Waals surface area contributed by atoms with Crippen LogP contribution in [0.5, 0.6) is 5.75 Å². The fourth-order valence-electron chi connectivity index (χ4n) is 2.65. The number of hydrogen-bond donors (Lipinski definition) is 1. The second-order valence-corrected chi connectivity index (χ2v) is 7.98. The zero-order chi connectivity index (χ0) is 20.3. The maximum absolute atomic E-state index is 12.6. The van der Waals surface area contributed by atoms with Crippen molar-refractivity contribution in [2.75, 3.05) is 12.4 Å². The van der Waals surface area contributed by atoms with Gasteiger partial charge in [-0.15, -0.1) is 5.10 Å². The van der Waals surface area contributed by atoms with Gasteiger partial charge in [-0.2, -0.15) is 4.68 Å². The molecule has 3 aromatic rings. The van der Waals surface area contributed by atoms with Gasteiger partial charge in [0.2, 0.25) is 11.1 Å². The summed E-state index contributed by atoms with van der Waals surface area (Å²) in [6, 6.07) is 11.1. The normalized spacial score (nSPS) is 11.9. The maximum Gasteiger partial charge on any atom is 0.237 e. The Balaban J connectivity index is 1.73. The molecule has 0 aliphatic rings. The molecule has 0 bridgehead atoms. The summed E-state index contributed by atoms with van der Waals surface area (Å²) in [7, 11) is 1.54. The molecular weight excluding hydrogens is 398 g/mol. The molecule has 0 unspecified atom stereocenters. The van der Waals surface area contributed by atoms with E-state index in [9.17, 15) is 4.79 Å². The number of nitrogens with zero attached hydrogens (tertiary/aromatic N) is 4. The van der Waals surface area contributed by atoms with Crippen molar-refractivity contribution in [2.24, 2.45) is 0 Å². The first-order valence-corrected chi connectivity index (χ1v) is 9.82. The van der Waals surface area contributed by atoms with Gasteiger partial charge < -0.3 is 10.1 Å². The first kappa shape index (κ1) is 20.2. The Kier molecular flexibility index (Phi) is 6.21. The summed E-state index contributed by atoms with van der Waals surface area (Å²) in [4.78, 5) is 12.6. The molecule has 3 rings (SSSR count). The van der Waals surface area contributed by atoms with Crippen molar-refractivity contribution < 1.29 is 9.53 Å². The molecule has 1 aromatic heterocycles. The number of thioether (sulfide) groups is 1. The molecule has 0 saturated heterocycles. The van der Waals surface area contributed by atoms with Gasteiger partial charge in [-0.25, -0.2) is 0 Å². The molecule has 1 heterocycles. The van der Waals surface area contributed by atoms with Crippen LogP contribution in [0.25, 0.3) is 5.69 Å². The van der Waals surface area contributed by atoms with E-state index in [1.54, 1.807) is 29.8 Å². The Bertz CT molecular complexity index is 1010. The van der Waals surface area contributed by atoms with E-state index in [4.69, 9.17) is 16.3 Å².